The molecule has 0 aliphatic heterocycles. The predicted molar refractivity (Wildman–Crippen MR) is 81.7 cm³/mol. The van der Waals surface area contributed by atoms with Crippen molar-refractivity contribution >= 4 is 33.3 Å². The topological polar surface area (TPSA) is 85.6 Å². The molecule has 0 aliphatic rings. The molecule has 0 spiro atoms. The fourth-order valence-corrected chi connectivity index (χ4v) is 3.13. The van der Waals surface area contributed by atoms with Crippen LogP contribution in [0.3, 0.4) is 0 Å². The lowest BCUT2D eigenvalue weighted by atomic mass is 10.2. The molecule has 0 amide bonds. The molecule has 0 saturated carbocycles. The van der Waals surface area contributed by atoms with Gasteiger partial charge in [-0.1, -0.05) is 23.7 Å². The summed E-state index contributed by atoms with van der Waals surface area (Å²) >= 11 is 5.99. The average Bonchev–Trinajstić information content (AvgIpc) is 2.94. The predicted octanol–water partition coefficient (Wildman–Crippen LogP) is 3.22. The summed E-state index contributed by atoms with van der Waals surface area (Å²) in [5.41, 5.74) is 0.923. The van der Waals surface area contributed by atoms with Gasteiger partial charge in [0.25, 0.3) is 10.0 Å². The standard InChI is InChI=1S/C14H14ClNO5S/c1-3-20-14(17)11-7-8-12(21-11)22(18,19)16-13-9(2)5-4-6-10(13)15/h4-8,16H,3H2,1-2H3. The van der Waals surface area contributed by atoms with Crippen LogP contribution in [0.15, 0.2) is 39.8 Å². The number of furan rings is 1. The molecule has 0 bridgehead atoms. The van der Waals surface area contributed by atoms with E-state index in [0.29, 0.717) is 5.56 Å². The molecule has 0 unspecified atom stereocenters. The van der Waals surface area contributed by atoms with Gasteiger partial charge in [0, 0.05) is 0 Å². The van der Waals surface area contributed by atoms with Crippen LogP contribution in [0.4, 0.5) is 5.69 Å². The van der Waals surface area contributed by atoms with Crippen LogP contribution < -0.4 is 4.72 Å². The van der Waals surface area contributed by atoms with Gasteiger partial charge in [-0.2, -0.15) is 8.42 Å². The van der Waals surface area contributed by atoms with Crippen molar-refractivity contribution in [3.8, 4) is 0 Å². The van der Waals surface area contributed by atoms with E-state index >= 15 is 0 Å². The second-order valence-corrected chi connectivity index (χ2v) is 6.40. The van der Waals surface area contributed by atoms with Gasteiger partial charge in [0.1, 0.15) is 0 Å². The molecular weight excluding hydrogens is 330 g/mol. The molecule has 2 aromatic rings. The number of sulfonamides is 1. The number of benzene rings is 1. The number of ether oxygens (including phenoxy) is 1. The highest BCUT2D eigenvalue weighted by molar-refractivity contribution is 7.92. The Hall–Kier alpha value is -1.99. The van der Waals surface area contributed by atoms with Crippen molar-refractivity contribution in [1.82, 2.24) is 0 Å². The summed E-state index contributed by atoms with van der Waals surface area (Å²) in [7, 11) is -3.99. The summed E-state index contributed by atoms with van der Waals surface area (Å²) in [5.74, 6) is -0.907. The Labute approximate surface area is 133 Å². The van der Waals surface area contributed by atoms with E-state index in [9.17, 15) is 13.2 Å². The molecule has 0 atom stereocenters. The number of halogens is 1. The SMILES string of the molecule is CCOC(=O)c1ccc(S(=O)(=O)Nc2c(C)cccc2Cl)o1. The summed E-state index contributed by atoms with van der Waals surface area (Å²) in [6, 6.07) is 7.42. The molecule has 0 radical (unpaired) electrons. The van der Waals surface area contributed by atoms with E-state index in [1.165, 1.54) is 12.1 Å². The lowest BCUT2D eigenvalue weighted by Gasteiger charge is -2.10. The van der Waals surface area contributed by atoms with E-state index < -0.39 is 21.1 Å². The number of aryl methyl sites for hydroxylation is 1. The Bertz CT molecular complexity index is 777. The number of carbonyl (C=O) groups excluding carboxylic acids is 1. The highest BCUT2D eigenvalue weighted by Gasteiger charge is 2.23. The quantitative estimate of drug-likeness (QED) is 0.842. The molecule has 1 aromatic heterocycles. The van der Waals surface area contributed by atoms with Crippen LogP contribution in [0.2, 0.25) is 5.02 Å². The number of carbonyl (C=O) groups is 1. The first-order valence-corrected chi connectivity index (χ1v) is 8.26. The van der Waals surface area contributed by atoms with Crippen molar-refractivity contribution in [3.63, 3.8) is 0 Å². The minimum absolute atomic E-state index is 0.165. The molecule has 1 aromatic carbocycles. The summed E-state index contributed by atoms with van der Waals surface area (Å²) in [6.07, 6.45) is 0. The third kappa shape index (κ3) is 3.42. The van der Waals surface area contributed by atoms with Gasteiger partial charge in [-0.3, -0.25) is 4.72 Å². The molecule has 6 nitrogen and oxygen atoms in total. The van der Waals surface area contributed by atoms with Gasteiger partial charge in [0.05, 0.1) is 17.3 Å². The zero-order valence-electron chi connectivity index (χ0n) is 11.9. The van der Waals surface area contributed by atoms with Crippen molar-refractivity contribution in [3.05, 3.63) is 46.7 Å². The second kappa shape index (κ2) is 6.41. The first-order valence-electron chi connectivity index (χ1n) is 6.40. The number of esters is 1. The van der Waals surface area contributed by atoms with Crippen molar-refractivity contribution in [2.24, 2.45) is 0 Å². The van der Waals surface area contributed by atoms with Gasteiger partial charge >= 0.3 is 5.97 Å². The molecule has 2 rings (SSSR count). The van der Waals surface area contributed by atoms with E-state index in [4.69, 9.17) is 20.8 Å². The Balaban J connectivity index is 2.30. The minimum atomic E-state index is -3.99. The zero-order valence-corrected chi connectivity index (χ0v) is 13.5. The molecule has 8 heteroatoms. The number of para-hydroxylation sites is 1. The number of rotatable bonds is 5. The van der Waals surface area contributed by atoms with Crippen LogP contribution in [0.1, 0.15) is 23.0 Å². The molecule has 1 heterocycles. The van der Waals surface area contributed by atoms with E-state index in [2.05, 4.69) is 4.72 Å². The molecule has 118 valence electrons. The lowest BCUT2D eigenvalue weighted by molar-refractivity contribution is 0.0484. The summed E-state index contributed by atoms with van der Waals surface area (Å²) in [5, 5.41) is -0.129. The first-order chi connectivity index (χ1) is 10.3. The van der Waals surface area contributed by atoms with Crippen molar-refractivity contribution in [1.29, 1.82) is 0 Å². The second-order valence-electron chi connectivity index (χ2n) is 4.38. The zero-order chi connectivity index (χ0) is 16.3. The van der Waals surface area contributed by atoms with Gasteiger partial charge in [0.15, 0.2) is 0 Å². The van der Waals surface area contributed by atoms with Gasteiger partial charge in [-0.15, -0.1) is 0 Å². The smallest absolute Gasteiger partial charge is 0.374 e. The van der Waals surface area contributed by atoms with Crippen LogP contribution >= 0.6 is 11.6 Å². The van der Waals surface area contributed by atoms with Crippen LogP contribution in [-0.2, 0) is 14.8 Å². The van der Waals surface area contributed by atoms with Crippen molar-refractivity contribution in [2.45, 2.75) is 18.9 Å². The summed E-state index contributed by atoms with van der Waals surface area (Å²) in [4.78, 5) is 11.5. The molecule has 22 heavy (non-hydrogen) atoms. The van der Waals surface area contributed by atoms with Crippen LogP contribution in [-0.4, -0.2) is 21.0 Å². The third-order valence-electron chi connectivity index (χ3n) is 2.78. The van der Waals surface area contributed by atoms with Crippen LogP contribution in [0, 0.1) is 6.92 Å². The van der Waals surface area contributed by atoms with E-state index in [0.717, 1.165) is 0 Å². The molecule has 1 N–H and O–H groups in total. The highest BCUT2D eigenvalue weighted by atomic mass is 35.5. The highest BCUT2D eigenvalue weighted by Crippen LogP contribution is 2.28. The van der Waals surface area contributed by atoms with E-state index in [1.54, 1.807) is 32.0 Å². The minimum Gasteiger partial charge on any atom is -0.460 e. The lowest BCUT2D eigenvalue weighted by Crippen LogP contribution is -2.13. The first kappa shape index (κ1) is 16.4. The fraction of sp³-hybridized carbons (Fsp3) is 0.214. The average molecular weight is 344 g/mol. The largest absolute Gasteiger partial charge is 0.460 e. The maximum atomic E-state index is 12.3. The van der Waals surface area contributed by atoms with Crippen molar-refractivity contribution < 1.29 is 22.4 Å². The molecule has 0 aliphatic carbocycles. The maximum Gasteiger partial charge on any atom is 0.374 e. The van der Waals surface area contributed by atoms with Crippen LogP contribution in [0.5, 0.6) is 0 Å². The molecular formula is C14H14ClNO5S. The number of anilines is 1. The number of hydrogen-bond acceptors (Lipinski definition) is 5. The summed E-state index contributed by atoms with van der Waals surface area (Å²) < 4.78 is 36.7. The Morgan fingerprint density at radius 3 is 2.68 bits per heavy atom. The van der Waals surface area contributed by atoms with E-state index in [-0.39, 0.29) is 23.1 Å². The third-order valence-corrected chi connectivity index (χ3v) is 4.32. The van der Waals surface area contributed by atoms with Gasteiger partial charge in [0.2, 0.25) is 10.9 Å². The van der Waals surface area contributed by atoms with Crippen molar-refractivity contribution in [2.75, 3.05) is 11.3 Å². The van der Waals surface area contributed by atoms with Crippen LogP contribution in [0.25, 0.3) is 0 Å². The van der Waals surface area contributed by atoms with Gasteiger partial charge in [-0.05, 0) is 37.6 Å². The Kier molecular flexibility index (Phi) is 4.77. The van der Waals surface area contributed by atoms with E-state index in [1.807, 2.05) is 0 Å². The summed E-state index contributed by atoms with van der Waals surface area (Å²) in [6.45, 7) is 3.52. The molecule has 0 fully saturated rings. The Morgan fingerprint density at radius 2 is 2.05 bits per heavy atom. The normalized spacial score (nSPS) is 11.2. The fourth-order valence-electron chi connectivity index (χ4n) is 1.72. The number of nitrogens with one attached hydrogen (secondary N) is 1. The number of hydrogen-bond donors (Lipinski definition) is 1. The monoisotopic (exact) mass is 343 g/mol. The molecule has 0 saturated heterocycles. The van der Waals surface area contributed by atoms with Gasteiger partial charge in [-0.25, -0.2) is 4.79 Å². The Morgan fingerprint density at radius 1 is 1.32 bits per heavy atom. The van der Waals surface area contributed by atoms with Gasteiger partial charge < -0.3 is 9.15 Å². The maximum absolute atomic E-state index is 12.3.